The van der Waals surface area contributed by atoms with Crippen LogP contribution in [-0.4, -0.2) is 17.6 Å². The smallest absolute Gasteiger partial charge is 0.227 e. The molecule has 4 heteroatoms. The van der Waals surface area contributed by atoms with Crippen LogP contribution in [0.2, 0.25) is 0 Å². The topological polar surface area (TPSA) is 52.6 Å². The fourth-order valence-corrected chi connectivity index (χ4v) is 3.25. The van der Waals surface area contributed by atoms with Gasteiger partial charge in [0.05, 0.1) is 0 Å². The second-order valence-electron chi connectivity index (χ2n) is 6.22. The molecule has 3 rings (SSSR count). The van der Waals surface area contributed by atoms with E-state index in [9.17, 15) is 9.90 Å². The van der Waals surface area contributed by atoms with Crippen molar-refractivity contribution >= 4 is 11.6 Å². The standard InChI is InChI=1S/C20H24N2O2/c1-2-18(17-9-3-4-10-19(17)23)21-14-15-7-5-8-16(13-15)22-12-6-11-20(22)24/h3-5,7-10,13,18,21,23H,2,6,11-12,14H2,1H3/t18-/m0/s1. The van der Waals surface area contributed by atoms with E-state index in [1.807, 2.05) is 35.2 Å². The Morgan fingerprint density at radius 1 is 1.21 bits per heavy atom. The maximum atomic E-state index is 11.9. The lowest BCUT2D eigenvalue weighted by molar-refractivity contribution is -0.117. The molecule has 1 fully saturated rings. The molecule has 0 spiro atoms. The van der Waals surface area contributed by atoms with Crippen molar-refractivity contribution < 1.29 is 9.90 Å². The minimum atomic E-state index is 0.100. The number of para-hydroxylation sites is 1. The van der Waals surface area contributed by atoms with Gasteiger partial charge in [-0.2, -0.15) is 0 Å². The van der Waals surface area contributed by atoms with Gasteiger partial charge in [-0.25, -0.2) is 0 Å². The van der Waals surface area contributed by atoms with E-state index in [1.165, 1.54) is 0 Å². The number of hydrogen-bond donors (Lipinski definition) is 2. The monoisotopic (exact) mass is 324 g/mol. The van der Waals surface area contributed by atoms with E-state index in [1.54, 1.807) is 6.07 Å². The Labute approximate surface area is 143 Å². The highest BCUT2D eigenvalue weighted by Gasteiger charge is 2.21. The summed E-state index contributed by atoms with van der Waals surface area (Å²) < 4.78 is 0. The molecule has 2 N–H and O–H groups in total. The van der Waals surface area contributed by atoms with Gasteiger partial charge < -0.3 is 15.3 Å². The van der Waals surface area contributed by atoms with E-state index < -0.39 is 0 Å². The van der Waals surface area contributed by atoms with Crippen molar-refractivity contribution in [2.75, 3.05) is 11.4 Å². The number of phenolic OH excluding ortho intramolecular Hbond substituents is 1. The van der Waals surface area contributed by atoms with Gasteiger partial charge in [0.15, 0.2) is 0 Å². The van der Waals surface area contributed by atoms with Crippen LogP contribution in [0.1, 0.15) is 43.4 Å². The molecule has 1 saturated heterocycles. The molecular formula is C20H24N2O2. The van der Waals surface area contributed by atoms with Crippen LogP contribution in [0.3, 0.4) is 0 Å². The van der Waals surface area contributed by atoms with Gasteiger partial charge in [0, 0.05) is 36.8 Å². The molecule has 0 aliphatic carbocycles. The molecule has 1 aliphatic heterocycles. The van der Waals surface area contributed by atoms with E-state index >= 15 is 0 Å². The SMILES string of the molecule is CC[C@H](NCc1cccc(N2CCCC2=O)c1)c1ccccc1O. The Balaban J connectivity index is 1.70. The molecule has 0 radical (unpaired) electrons. The van der Waals surface area contributed by atoms with Crippen molar-refractivity contribution in [3.63, 3.8) is 0 Å². The molecule has 2 aromatic carbocycles. The summed E-state index contributed by atoms with van der Waals surface area (Å²) in [7, 11) is 0. The van der Waals surface area contributed by atoms with Crippen LogP contribution in [0.25, 0.3) is 0 Å². The quantitative estimate of drug-likeness (QED) is 0.850. The highest BCUT2D eigenvalue weighted by molar-refractivity contribution is 5.95. The molecule has 4 nitrogen and oxygen atoms in total. The maximum Gasteiger partial charge on any atom is 0.227 e. The summed E-state index contributed by atoms with van der Waals surface area (Å²) in [4.78, 5) is 13.8. The van der Waals surface area contributed by atoms with Crippen LogP contribution in [0.5, 0.6) is 5.75 Å². The first-order valence-electron chi connectivity index (χ1n) is 8.59. The average molecular weight is 324 g/mol. The average Bonchev–Trinajstić information content (AvgIpc) is 3.03. The molecule has 1 aliphatic rings. The highest BCUT2D eigenvalue weighted by atomic mass is 16.3. The molecule has 0 aromatic heterocycles. The molecule has 1 amide bonds. The van der Waals surface area contributed by atoms with Gasteiger partial charge in [0.1, 0.15) is 5.75 Å². The van der Waals surface area contributed by atoms with E-state index in [-0.39, 0.29) is 11.9 Å². The van der Waals surface area contributed by atoms with Crippen LogP contribution in [0.15, 0.2) is 48.5 Å². The molecule has 1 heterocycles. The molecular weight excluding hydrogens is 300 g/mol. The fourth-order valence-electron chi connectivity index (χ4n) is 3.25. The third kappa shape index (κ3) is 3.60. The molecule has 1 atom stereocenters. The lowest BCUT2D eigenvalue weighted by Crippen LogP contribution is -2.24. The zero-order valence-electron chi connectivity index (χ0n) is 14.0. The summed E-state index contributed by atoms with van der Waals surface area (Å²) in [6, 6.07) is 15.7. The van der Waals surface area contributed by atoms with Crippen molar-refractivity contribution in [2.24, 2.45) is 0 Å². The number of benzene rings is 2. The first-order valence-corrected chi connectivity index (χ1v) is 8.59. The predicted molar refractivity (Wildman–Crippen MR) is 96.0 cm³/mol. The molecule has 0 saturated carbocycles. The summed E-state index contributed by atoms with van der Waals surface area (Å²) in [5.41, 5.74) is 3.04. The van der Waals surface area contributed by atoms with Crippen LogP contribution < -0.4 is 10.2 Å². The summed E-state index contributed by atoms with van der Waals surface area (Å²) in [6.45, 7) is 3.61. The number of phenols is 1. The van der Waals surface area contributed by atoms with Crippen molar-refractivity contribution in [2.45, 2.75) is 38.8 Å². The van der Waals surface area contributed by atoms with Gasteiger partial charge in [-0.3, -0.25) is 4.79 Å². The second kappa shape index (κ2) is 7.49. The zero-order valence-corrected chi connectivity index (χ0v) is 14.0. The van der Waals surface area contributed by atoms with Crippen LogP contribution in [0.4, 0.5) is 5.69 Å². The summed E-state index contributed by atoms with van der Waals surface area (Å²) in [5, 5.41) is 13.6. The van der Waals surface area contributed by atoms with Gasteiger partial charge >= 0.3 is 0 Å². The Morgan fingerprint density at radius 3 is 2.75 bits per heavy atom. The van der Waals surface area contributed by atoms with Gasteiger partial charge in [-0.15, -0.1) is 0 Å². The Bertz CT molecular complexity index is 714. The molecule has 2 aromatic rings. The lowest BCUT2D eigenvalue weighted by Gasteiger charge is -2.20. The molecule has 126 valence electrons. The first-order chi connectivity index (χ1) is 11.7. The number of carbonyl (C=O) groups is 1. The number of hydrogen-bond acceptors (Lipinski definition) is 3. The third-order valence-corrected chi connectivity index (χ3v) is 4.57. The van der Waals surface area contributed by atoms with Gasteiger partial charge in [0.2, 0.25) is 5.91 Å². The Kier molecular flexibility index (Phi) is 5.16. The predicted octanol–water partition coefficient (Wildman–Crippen LogP) is 3.76. The maximum absolute atomic E-state index is 11.9. The van der Waals surface area contributed by atoms with Crippen molar-refractivity contribution in [3.8, 4) is 5.75 Å². The van der Waals surface area contributed by atoms with Crippen LogP contribution >= 0.6 is 0 Å². The number of anilines is 1. The first kappa shape index (κ1) is 16.5. The molecule has 0 unspecified atom stereocenters. The number of amides is 1. The minimum Gasteiger partial charge on any atom is -0.508 e. The van der Waals surface area contributed by atoms with E-state index in [0.717, 1.165) is 36.2 Å². The van der Waals surface area contributed by atoms with E-state index in [2.05, 4.69) is 24.4 Å². The van der Waals surface area contributed by atoms with Crippen LogP contribution in [-0.2, 0) is 11.3 Å². The van der Waals surface area contributed by atoms with Crippen molar-refractivity contribution in [1.29, 1.82) is 0 Å². The molecule has 24 heavy (non-hydrogen) atoms. The Hall–Kier alpha value is -2.33. The fraction of sp³-hybridized carbons (Fsp3) is 0.350. The number of carbonyl (C=O) groups excluding carboxylic acids is 1. The third-order valence-electron chi connectivity index (χ3n) is 4.57. The highest BCUT2D eigenvalue weighted by Crippen LogP contribution is 2.27. The van der Waals surface area contributed by atoms with Crippen LogP contribution in [0, 0.1) is 0 Å². The normalized spacial score (nSPS) is 15.7. The Morgan fingerprint density at radius 2 is 2.04 bits per heavy atom. The second-order valence-corrected chi connectivity index (χ2v) is 6.22. The van der Waals surface area contributed by atoms with Gasteiger partial charge in [-0.05, 0) is 36.6 Å². The van der Waals surface area contributed by atoms with Gasteiger partial charge in [-0.1, -0.05) is 37.3 Å². The van der Waals surface area contributed by atoms with Gasteiger partial charge in [0.25, 0.3) is 0 Å². The van der Waals surface area contributed by atoms with E-state index in [4.69, 9.17) is 0 Å². The molecule has 0 bridgehead atoms. The summed E-state index contributed by atoms with van der Waals surface area (Å²) in [5.74, 6) is 0.536. The van der Waals surface area contributed by atoms with Crippen molar-refractivity contribution in [1.82, 2.24) is 5.32 Å². The summed E-state index contributed by atoms with van der Waals surface area (Å²) >= 11 is 0. The number of aromatic hydroxyl groups is 1. The number of rotatable bonds is 6. The lowest BCUT2D eigenvalue weighted by atomic mass is 10.0. The minimum absolute atomic E-state index is 0.100. The number of nitrogens with zero attached hydrogens (tertiary/aromatic N) is 1. The zero-order chi connectivity index (χ0) is 16.9. The largest absolute Gasteiger partial charge is 0.508 e. The van der Waals surface area contributed by atoms with E-state index in [0.29, 0.717) is 18.7 Å². The van der Waals surface area contributed by atoms with Crippen molar-refractivity contribution in [3.05, 3.63) is 59.7 Å². The number of nitrogens with one attached hydrogen (secondary N) is 1. The summed E-state index contributed by atoms with van der Waals surface area (Å²) in [6.07, 6.45) is 2.47.